The van der Waals surface area contributed by atoms with Crippen LogP contribution in [0.5, 0.6) is 11.5 Å². The van der Waals surface area contributed by atoms with E-state index in [9.17, 15) is 0 Å². The molecule has 244 valence electrons. The minimum atomic E-state index is -0.0136. The molecule has 0 amide bonds. The molecule has 0 radical (unpaired) electrons. The molecule has 0 aliphatic heterocycles. The summed E-state index contributed by atoms with van der Waals surface area (Å²) in [4.78, 5) is 9.72. The average molecular weight is 653 g/mol. The Balaban J connectivity index is 1.24. The molecule has 6 nitrogen and oxygen atoms in total. The van der Waals surface area contributed by atoms with Crippen molar-refractivity contribution in [3.63, 3.8) is 0 Å². The van der Waals surface area contributed by atoms with Crippen LogP contribution < -0.4 is 4.74 Å². The molecule has 5 aromatic carbocycles. The zero-order valence-electron chi connectivity index (χ0n) is 28.7. The lowest BCUT2D eigenvalue weighted by atomic mass is 9.88. The summed E-state index contributed by atoms with van der Waals surface area (Å²) >= 11 is 0. The van der Waals surface area contributed by atoms with Crippen LogP contribution in [0.1, 0.15) is 37.5 Å². The summed E-state index contributed by atoms with van der Waals surface area (Å²) in [6.07, 6.45) is 5.79. The van der Waals surface area contributed by atoms with Crippen molar-refractivity contribution in [1.29, 1.82) is 0 Å². The number of para-hydroxylation sites is 3. The van der Waals surface area contributed by atoms with Crippen LogP contribution in [0.2, 0.25) is 0 Å². The average Bonchev–Trinajstić information content (AvgIpc) is 3.82. The van der Waals surface area contributed by atoms with Crippen LogP contribution in [0.15, 0.2) is 132 Å². The molecule has 0 saturated heterocycles. The Morgan fingerprint density at radius 2 is 1.42 bits per heavy atom. The summed E-state index contributed by atoms with van der Waals surface area (Å²) in [5.74, 6) is 3.03. The Kier molecular flexibility index (Phi) is 6.71. The molecule has 4 aromatic heterocycles. The first-order chi connectivity index (χ1) is 24.2. The molecule has 0 fully saturated rings. The highest BCUT2D eigenvalue weighted by molar-refractivity contribution is 6.10. The van der Waals surface area contributed by atoms with Gasteiger partial charge in [0.25, 0.3) is 0 Å². The van der Waals surface area contributed by atoms with Gasteiger partial charge in [0.15, 0.2) is 11.3 Å². The van der Waals surface area contributed by atoms with Gasteiger partial charge in [-0.1, -0.05) is 75.4 Å². The quantitative estimate of drug-likeness (QED) is 0.186. The SMILES string of the molecule is Cc1cccc(C)c1-n1ccnc1-c1cc(Oc2ccc3c4ccccc4n(-c4cc(C(C)(C)C)ccn4)c3c2)c2oc3ccccc3c2c1. The van der Waals surface area contributed by atoms with Crippen LogP contribution in [-0.2, 0) is 5.41 Å². The fourth-order valence-electron chi connectivity index (χ4n) is 7.28. The van der Waals surface area contributed by atoms with Gasteiger partial charge in [0.05, 0.1) is 16.7 Å². The first-order valence-electron chi connectivity index (χ1n) is 17.0. The van der Waals surface area contributed by atoms with E-state index in [0.717, 1.165) is 61.1 Å². The van der Waals surface area contributed by atoms with Gasteiger partial charge in [-0.15, -0.1) is 0 Å². The number of nitrogens with zero attached hydrogens (tertiary/aromatic N) is 4. The lowest BCUT2D eigenvalue weighted by molar-refractivity contribution is 0.477. The molecule has 0 bridgehead atoms. The minimum Gasteiger partial charge on any atom is -0.453 e. The molecule has 0 aliphatic rings. The third-order valence-electron chi connectivity index (χ3n) is 9.74. The topological polar surface area (TPSA) is 58.0 Å². The van der Waals surface area contributed by atoms with E-state index >= 15 is 0 Å². The van der Waals surface area contributed by atoms with Crippen molar-refractivity contribution in [2.75, 3.05) is 0 Å². The highest BCUT2D eigenvalue weighted by Crippen LogP contribution is 2.42. The van der Waals surface area contributed by atoms with Crippen molar-refractivity contribution in [2.45, 2.75) is 40.0 Å². The van der Waals surface area contributed by atoms with E-state index < -0.39 is 0 Å². The summed E-state index contributed by atoms with van der Waals surface area (Å²) in [6.45, 7) is 11.0. The van der Waals surface area contributed by atoms with Crippen LogP contribution in [0, 0.1) is 13.8 Å². The molecule has 50 heavy (non-hydrogen) atoms. The van der Waals surface area contributed by atoms with Crippen molar-refractivity contribution >= 4 is 43.7 Å². The molecule has 0 spiro atoms. The summed E-state index contributed by atoms with van der Waals surface area (Å²) in [6, 6.07) is 37.8. The molecule has 6 heteroatoms. The monoisotopic (exact) mass is 652 g/mol. The van der Waals surface area contributed by atoms with Gasteiger partial charge in [0.2, 0.25) is 0 Å². The Labute approximate surface area is 290 Å². The molecular formula is C44H36N4O2. The number of imidazole rings is 1. The number of aryl methyl sites for hydroxylation is 2. The number of hydrogen-bond acceptors (Lipinski definition) is 4. The van der Waals surface area contributed by atoms with Gasteiger partial charge in [0.1, 0.15) is 23.0 Å². The van der Waals surface area contributed by atoms with Gasteiger partial charge in [-0.2, -0.15) is 0 Å². The fraction of sp³-hybridized carbons (Fsp3) is 0.136. The fourth-order valence-corrected chi connectivity index (χ4v) is 7.28. The van der Waals surface area contributed by atoms with E-state index in [1.807, 2.05) is 48.9 Å². The van der Waals surface area contributed by atoms with Gasteiger partial charge in [-0.25, -0.2) is 9.97 Å². The van der Waals surface area contributed by atoms with Gasteiger partial charge >= 0.3 is 0 Å². The highest BCUT2D eigenvalue weighted by atomic mass is 16.5. The summed E-state index contributed by atoms with van der Waals surface area (Å²) in [7, 11) is 0. The van der Waals surface area contributed by atoms with Gasteiger partial charge in [-0.3, -0.25) is 9.13 Å². The van der Waals surface area contributed by atoms with Crippen LogP contribution in [0.4, 0.5) is 0 Å². The van der Waals surface area contributed by atoms with Crippen LogP contribution in [0.25, 0.3) is 66.6 Å². The van der Waals surface area contributed by atoms with Crippen molar-refractivity contribution in [3.8, 4) is 34.4 Å². The largest absolute Gasteiger partial charge is 0.453 e. The number of ether oxygens (including phenoxy) is 1. The third-order valence-corrected chi connectivity index (χ3v) is 9.74. The molecule has 4 heterocycles. The van der Waals surface area contributed by atoms with Gasteiger partial charge < -0.3 is 9.15 Å². The molecule has 9 rings (SSSR count). The second kappa shape index (κ2) is 11.2. The maximum absolute atomic E-state index is 6.86. The molecule has 0 N–H and O–H groups in total. The second-order valence-electron chi connectivity index (χ2n) is 14.1. The Morgan fingerprint density at radius 3 is 2.24 bits per heavy atom. The lowest BCUT2D eigenvalue weighted by Crippen LogP contribution is -2.12. The van der Waals surface area contributed by atoms with Crippen molar-refractivity contribution in [3.05, 3.63) is 144 Å². The highest BCUT2D eigenvalue weighted by Gasteiger charge is 2.21. The van der Waals surface area contributed by atoms with Gasteiger partial charge in [0, 0.05) is 51.8 Å². The maximum atomic E-state index is 6.86. The van der Waals surface area contributed by atoms with E-state index in [0.29, 0.717) is 17.1 Å². The predicted molar refractivity (Wildman–Crippen MR) is 203 cm³/mol. The van der Waals surface area contributed by atoms with E-state index in [1.165, 1.54) is 16.7 Å². The van der Waals surface area contributed by atoms with Crippen LogP contribution >= 0.6 is 0 Å². The van der Waals surface area contributed by atoms with Crippen LogP contribution in [-0.4, -0.2) is 19.1 Å². The molecule has 0 unspecified atom stereocenters. The number of furan rings is 1. The van der Waals surface area contributed by atoms with Crippen LogP contribution in [0.3, 0.4) is 0 Å². The van der Waals surface area contributed by atoms with E-state index in [-0.39, 0.29) is 5.41 Å². The van der Waals surface area contributed by atoms with Gasteiger partial charge in [-0.05, 0) is 84.5 Å². The Hall–Kier alpha value is -6.14. The maximum Gasteiger partial charge on any atom is 0.177 e. The smallest absolute Gasteiger partial charge is 0.177 e. The zero-order valence-corrected chi connectivity index (χ0v) is 28.7. The molecule has 0 atom stereocenters. The Bertz CT molecular complexity index is 2740. The predicted octanol–water partition coefficient (Wildman–Crippen LogP) is 11.6. The zero-order chi connectivity index (χ0) is 34.1. The van der Waals surface area contributed by atoms with Crippen molar-refractivity contribution in [2.24, 2.45) is 0 Å². The molecule has 9 aromatic rings. The minimum absolute atomic E-state index is 0.0136. The first kappa shape index (κ1) is 30.0. The van der Waals surface area contributed by atoms with E-state index in [2.05, 4.69) is 123 Å². The number of benzene rings is 5. The first-order valence-corrected chi connectivity index (χ1v) is 17.0. The van der Waals surface area contributed by atoms with Crippen molar-refractivity contribution < 1.29 is 9.15 Å². The molecular weight excluding hydrogens is 617 g/mol. The number of rotatable bonds is 5. The summed E-state index contributed by atoms with van der Waals surface area (Å²) in [5, 5.41) is 4.30. The second-order valence-corrected chi connectivity index (χ2v) is 14.1. The van der Waals surface area contributed by atoms with Crippen molar-refractivity contribution in [1.82, 2.24) is 19.1 Å². The normalized spacial score (nSPS) is 12.1. The number of pyridine rings is 1. The standard InChI is InChI=1S/C44H36N4O2/c1-27-11-10-12-28(2)41(27)47-22-21-46-43(47)29-23-35-34-14-7-9-16-38(34)50-42(35)39(24-29)49-31-17-18-33-32-13-6-8-15-36(32)48(37(33)26-31)40-25-30(19-20-45-40)44(3,4)5/h6-26H,1-5H3. The van der Waals surface area contributed by atoms with E-state index in [1.54, 1.807) is 0 Å². The number of fused-ring (bicyclic) bond motifs is 6. The summed E-state index contributed by atoms with van der Waals surface area (Å²) < 4.78 is 17.8. The number of aromatic nitrogens is 4. The Morgan fingerprint density at radius 1 is 0.660 bits per heavy atom. The molecule has 0 saturated carbocycles. The molecule has 0 aliphatic carbocycles. The third kappa shape index (κ3) is 4.78. The summed E-state index contributed by atoms with van der Waals surface area (Å²) in [5.41, 5.74) is 9.26. The van der Waals surface area contributed by atoms with E-state index in [4.69, 9.17) is 19.1 Å². The number of hydrogen-bond donors (Lipinski definition) is 0. The lowest BCUT2D eigenvalue weighted by Gasteiger charge is -2.20.